The smallest absolute Gasteiger partial charge is 0.330 e. The molecule has 0 aliphatic heterocycles. The molecule has 0 aromatic rings. The maximum atomic E-state index is 10.7. The lowest BCUT2D eigenvalue weighted by molar-refractivity contribution is -0.137. The van der Waals surface area contributed by atoms with Crippen molar-refractivity contribution in [3.63, 3.8) is 0 Å². The largest absolute Gasteiger partial charge is 0.463 e. The molecule has 0 aromatic heterocycles. The summed E-state index contributed by atoms with van der Waals surface area (Å²) in [6, 6.07) is 0. The van der Waals surface area contributed by atoms with Crippen molar-refractivity contribution in [2.24, 2.45) is 0 Å². The Morgan fingerprint density at radius 3 is 2.53 bits per heavy atom. The van der Waals surface area contributed by atoms with Gasteiger partial charge in [0.1, 0.15) is 0 Å². The maximum absolute atomic E-state index is 10.7. The van der Waals surface area contributed by atoms with Crippen LogP contribution in [0.3, 0.4) is 0 Å². The van der Waals surface area contributed by atoms with Gasteiger partial charge in [-0.05, 0) is 18.4 Å². The molecule has 0 bridgehead atoms. The van der Waals surface area contributed by atoms with Crippen molar-refractivity contribution in [2.75, 3.05) is 20.8 Å². The highest BCUT2D eigenvalue weighted by atomic mass is 28.3. The minimum Gasteiger partial charge on any atom is -0.463 e. The zero-order valence-electron chi connectivity index (χ0n) is 9.69. The first-order valence-corrected chi connectivity index (χ1v) is 6.61. The van der Waals surface area contributed by atoms with E-state index in [4.69, 9.17) is 13.6 Å². The minimum absolute atomic E-state index is 0.366. The summed E-state index contributed by atoms with van der Waals surface area (Å²) in [7, 11) is 1.83. The number of carbonyl (C=O) groups excluding carboxylic acids is 1. The van der Waals surface area contributed by atoms with Crippen LogP contribution in [0, 0.1) is 0 Å². The third-order valence-corrected chi connectivity index (χ3v) is 4.34. The number of hydrogen-bond donors (Lipinski definition) is 0. The monoisotopic (exact) mass is 232 g/mol. The highest BCUT2D eigenvalue weighted by molar-refractivity contribution is 6.46. The van der Waals surface area contributed by atoms with Crippen molar-refractivity contribution in [1.82, 2.24) is 0 Å². The number of rotatable bonds is 8. The Hall–Kier alpha value is -0.653. The zero-order chi connectivity index (χ0) is 11.7. The molecule has 0 saturated carbocycles. The Morgan fingerprint density at radius 2 is 2.07 bits per heavy atom. The molecule has 0 aromatic carbocycles. The van der Waals surface area contributed by atoms with Gasteiger partial charge in [-0.25, -0.2) is 4.79 Å². The van der Waals surface area contributed by atoms with Gasteiger partial charge >= 0.3 is 15.3 Å². The van der Waals surface area contributed by atoms with Crippen LogP contribution in [0.25, 0.3) is 0 Å². The van der Waals surface area contributed by atoms with Crippen LogP contribution in [-0.2, 0) is 18.4 Å². The van der Waals surface area contributed by atoms with Crippen LogP contribution < -0.4 is 0 Å². The van der Waals surface area contributed by atoms with Crippen molar-refractivity contribution in [1.29, 1.82) is 0 Å². The summed E-state index contributed by atoms with van der Waals surface area (Å²) in [4.78, 5) is 10.7. The van der Waals surface area contributed by atoms with E-state index in [2.05, 4.69) is 13.5 Å². The highest BCUT2D eigenvalue weighted by Gasteiger charge is 2.18. The molecule has 15 heavy (non-hydrogen) atoms. The normalized spacial score (nSPS) is 12.5. The summed E-state index contributed by atoms with van der Waals surface area (Å²) in [5.74, 6) is -0.366. The fraction of sp³-hybridized carbons (Fsp3) is 0.700. The van der Waals surface area contributed by atoms with E-state index >= 15 is 0 Å². The van der Waals surface area contributed by atoms with E-state index < -0.39 is 9.28 Å². The highest BCUT2D eigenvalue weighted by Crippen LogP contribution is 2.17. The zero-order valence-corrected chi connectivity index (χ0v) is 10.8. The first kappa shape index (κ1) is 14.3. The molecule has 0 spiro atoms. The predicted molar refractivity (Wildman–Crippen MR) is 61.0 cm³/mol. The van der Waals surface area contributed by atoms with Crippen LogP contribution in [-0.4, -0.2) is 36.1 Å². The summed E-state index contributed by atoms with van der Waals surface area (Å²) < 4.78 is 15.4. The number of hydrogen-bond acceptors (Lipinski definition) is 4. The van der Waals surface area contributed by atoms with E-state index in [-0.39, 0.29) is 5.97 Å². The topological polar surface area (TPSA) is 44.8 Å². The van der Waals surface area contributed by atoms with Gasteiger partial charge in [0.2, 0.25) is 0 Å². The minimum atomic E-state index is -1.52. The average Bonchev–Trinajstić information content (AvgIpc) is 2.25. The second-order valence-electron chi connectivity index (χ2n) is 3.33. The van der Waals surface area contributed by atoms with Crippen LogP contribution in [0.15, 0.2) is 12.7 Å². The Labute approximate surface area is 93.1 Å². The summed E-state index contributed by atoms with van der Waals surface area (Å²) in [5, 5.41) is 0. The predicted octanol–water partition coefficient (Wildman–Crippen LogP) is 1.40. The van der Waals surface area contributed by atoms with Gasteiger partial charge < -0.3 is 13.6 Å². The molecular weight excluding hydrogens is 212 g/mol. The molecule has 1 atom stereocenters. The molecule has 0 N–H and O–H groups in total. The van der Waals surface area contributed by atoms with Crippen molar-refractivity contribution in [3.05, 3.63) is 12.7 Å². The molecule has 4 nitrogen and oxygen atoms in total. The quantitative estimate of drug-likeness (QED) is 0.275. The maximum Gasteiger partial charge on any atom is 0.330 e. The fourth-order valence-electron chi connectivity index (χ4n) is 1.33. The molecule has 0 aliphatic carbocycles. The van der Waals surface area contributed by atoms with E-state index in [1.54, 1.807) is 14.2 Å². The third kappa shape index (κ3) is 6.43. The van der Waals surface area contributed by atoms with E-state index in [1.165, 1.54) is 6.08 Å². The van der Waals surface area contributed by atoms with Gasteiger partial charge in [-0.15, -0.1) is 0 Å². The van der Waals surface area contributed by atoms with Crippen molar-refractivity contribution < 1.29 is 18.4 Å². The van der Waals surface area contributed by atoms with Gasteiger partial charge in [0.05, 0.1) is 6.61 Å². The first-order chi connectivity index (χ1) is 7.15. The van der Waals surface area contributed by atoms with Gasteiger partial charge in [0.15, 0.2) is 0 Å². The fourth-order valence-corrected chi connectivity index (χ4v) is 2.96. The molecule has 0 heterocycles. The molecule has 0 aliphatic rings. The molecule has 0 amide bonds. The summed E-state index contributed by atoms with van der Waals surface area (Å²) >= 11 is 0. The van der Waals surface area contributed by atoms with Gasteiger partial charge in [-0.1, -0.05) is 13.5 Å². The first-order valence-electron chi connectivity index (χ1n) is 5.00. The lowest BCUT2D eigenvalue weighted by Crippen LogP contribution is -2.24. The van der Waals surface area contributed by atoms with Crippen LogP contribution >= 0.6 is 0 Å². The standard InChI is InChI=1S/C10H20O4Si/c1-5-10(11)14-8-6-7-9(2)15(12-3)13-4/h5,9,15H,1,6-8H2,2-4H3. The Balaban J connectivity index is 3.57. The SMILES string of the molecule is C=CC(=O)OCCCC(C)[SiH](OC)OC. The van der Waals surface area contributed by atoms with E-state index in [0.717, 1.165) is 12.8 Å². The Kier molecular flexibility index (Phi) is 8.26. The lowest BCUT2D eigenvalue weighted by Gasteiger charge is -2.18. The molecule has 1 unspecified atom stereocenters. The molecular formula is C10H20O4Si. The van der Waals surface area contributed by atoms with Crippen LogP contribution in [0.2, 0.25) is 5.54 Å². The van der Waals surface area contributed by atoms with Crippen molar-refractivity contribution >= 4 is 15.3 Å². The van der Waals surface area contributed by atoms with Crippen molar-refractivity contribution in [2.45, 2.75) is 25.3 Å². The molecule has 5 heteroatoms. The Morgan fingerprint density at radius 1 is 1.47 bits per heavy atom. The van der Waals surface area contributed by atoms with Crippen LogP contribution in [0.1, 0.15) is 19.8 Å². The lowest BCUT2D eigenvalue weighted by atomic mass is 10.2. The third-order valence-electron chi connectivity index (χ3n) is 2.14. The molecule has 88 valence electrons. The summed E-state index contributed by atoms with van der Waals surface area (Å²) in [5.41, 5.74) is 0.419. The molecule has 0 radical (unpaired) electrons. The number of esters is 1. The number of ether oxygens (including phenoxy) is 1. The summed E-state index contributed by atoms with van der Waals surface area (Å²) in [6.45, 7) is 5.85. The van der Waals surface area contributed by atoms with E-state index in [0.29, 0.717) is 12.1 Å². The van der Waals surface area contributed by atoms with Gasteiger partial charge in [-0.3, -0.25) is 0 Å². The average molecular weight is 232 g/mol. The second-order valence-corrected chi connectivity index (χ2v) is 6.15. The number of carbonyl (C=O) groups is 1. The van der Waals surface area contributed by atoms with Gasteiger partial charge in [-0.2, -0.15) is 0 Å². The van der Waals surface area contributed by atoms with Gasteiger partial charge in [0, 0.05) is 20.3 Å². The second kappa shape index (κ2) is 8.64. The van der Waals surface area contributed by atoms with Crippen LogP contribution in [0.4, 0.5) is 0 Å². The molecule has 0 saturated heterocycles. The van der Waals surface area contributed by atoms with E-state index in [1.807, 2.05) is 0 Å². The van der Waals surface area contributed by atoms with Crippen LogP contribution in [0.5, 0.6) is 0 Å². The van der Waals surface area contributed by atoms with Gasteiger partial charge in [0.25, 0.3) is 0 Å². The molecule has 0 rings (SSSR count). The summed E-state index contributed by atoms with van der Waals surface area (Å²) in [6.07, 6.45) is 2.95. The van der Waals surface area contributed by atoms with E-state index in [9.17, 15) is 4.79 Å². The Bertz CT molecular complexity index is 192. The molecule has 0 fully saturated rings. The van der Waals surface area contributed by atoms with Crippen molar-refractivity contribution in [3.8, 4) is 0 Å².